The molecule has 3 N–H and O–H groups in total. The number of nitrogens with two attached hydrogens (primary N) is 1. The number of hydrogen-bond donors (Lipinski definition) is 2. The fourth-order valence-electron chi connectivity index (χ4n) is 2.23. The molecule has 1 aromatic carbocycles. The van der Waals surface area contributed by atoms with Crippen LogP contribution in [0.25, 0.3) is 0 Å². The molecule has 0 unspecified atom stereocenters. The Hall–Kier alpha value is -1.59. The minimum atomic E-state index is 0.368. The number of benzene rings is 1. The van der Waals surface area contributed by atoms with Gasteiger partial charge < -0.3 is 11.1 Å². The predicted molar refractivity (Wildman–Crippen MR) is 92.1 cm³/mol. The van der Waals surface area contributed by atoms with Gasteiger partial charge in [0.05, 0.1) is 5.69 Å². The number of nitrogens with one attached hydrogen (secondary N) is 1. The molecular formula is C15H19ClN4S. The predicted octanol–water partition coefficient (Wildman–Crippen LogP) is 3.29. The van der Waals surface area contributed by atoms with Crippen molar-refractivity contribution >= 4 is 34.5 Å². The summed E-state index contributed by atoms with van der Waals surface area (Å²) >= 11 is 11.1. The Kier molecular flexibility index (Phi) is 5.20. The first-order chi connectivity index (χ1) is 9.97. The zero-order chi connectivity index (χ0) is 15.4. The minimum absolute atomic E-state index is 0.368. The van der Waals surface area contributed by atoms with Crippen molar-refractivity contribution in [3.8, 4) is 0 Å². The van der Waals surface area contributed by atoms with Gasteiger partial charge in [-0.25, -0.2) is 0 Å². The molecule has 0 fully saturated rings. The van der Waals surface area contributed by atoms with Crippen LogP contribution in [0.2, 0.25) is 5.02 Å². The number of thiocarbonyl (C=S) groups is 1. The van der Waals surface area contributed by atoms with Crippen LogP contribution in [0.3, 0.4) is 0 Å². The molecule has 0 atom stereocenters. The molecule has 0 bridgehead atoms. The van der Waals surface area contributed by atoms with Crippen LogP contribution in [0.1, 0.15) is 23.4 Å². The summed E-state index contributed by atoms with van der Waals surface area (Å²) in [5.74, 6) is 0. The summed E-state index contributed by atoms with van der Waals surface area (Å²) in [5.41, 5.74) is 9.64. The number of nitrogens with zero attached hydrogens (tertiary/aromatic N) is 2. The number of anilines is 1. The first kappa shape index (κ1) is 15.8. The highest BCUT2D eigenvalue weighted by molar-refractivity contribution is 7.80. The molecule has 2 rings (SSSR count). The first-order valence-electron chi connectivity index (χ1n) is 6.81. The van der Waals surface area contributed by atoms with Crippen molar-refractivity contribution in [2.45, 2.75) is 26.8 Å². The molecule has 21 heavy (non-hydrogen) atoms. The SMILES string of the molecule is Cc1cc(C)n(CCCNc2cc(Cl)ccc2C(N)=S)n1. The molecule has 1 aromatic heterocycles. The minimum Gasteiger partial charge on any atom is -0.389 e. The molecule has 1 heterocycles. The van der Waals surface area contributed by atoms with Crippen molar-refractivity contribution in [3.05, 3.63) is 46.2 Å². The lowest BCUT2D eigenvalue weighted by Crippen LogP contribution is -2.15. The van der Waals surface area contributed by atoms with E-state index in [0.29, 0.717) is 10.0 Å². The third kappa shape index (κ3) is 4.19. The Morgan fingerprint density at radius 1 is 1.38 bits per heavy atom. The van der Waals surface area contributed by atoms with Crippen molar-refractivity contribution in [1.29, 1.82) is 0 Å². The molecule has 0 saturated heterocycles. The average molecular weight is 323 g/mol. The fourth-order valence-corrected chi connectivity index (χ4v) is 2.58. The van der Waals surface area contributed by atoms with E-state index in [4.69, 9.17) is 29.6 Å². The molecular weight excluding hydrogens is 304 g/mol. The normalized spacial score (nSPS) is 10.6. The molecule has 0 aliphatic carbocycles. The van der Waals surface area contributed by atoms with Crippen LogP contribution < -0.4 is 11.1 Å². The Morgan fingerprint density at radius 3 is 2.76 bits per heavy atom. The van der Waals surface area contributed by atoms with Gasteiger partial charge in [-0.1, -0.05) is 23.8 Å². The summed E-state index contributed by atoms with van der Waals surface area (Å²) < 4.78 is 2.02. The van der Waals surface area contributed by atoms with Crippen LogP contribution in [0, 0.1) is 13.8 Å². The number of aromatic nitrogens is 2. The highest BCUT2D eigenvalue weighted by Gasteiger charge is 2.06. The third-order valence-corrected chi connectivity index (χ3v) is 3.67. The second kappa shape index (κ2) is 6.91. The van der Waals surface area contributed by atoms with Gasteiger partial charge in [-0.15, -0.1) is 0 Å². The van der Waals surface area contributed by atoms with E-state index in [-0.39, 0.29) is 0 Å². The summed E-state index contributed by atoms with van der Waals surface area (Å²) in [5, 5.41) is 8.44. The summed E-state index contributed by atoms with van der Waals surface area (Å²) in [6, 6.07) is 7.56. The van der Waals surface area contributed by atoms with E-state index in [1.807, 2.05) is 23.7 Å². The summed E-state index contributed by atoms with van der Waals surface area (Å²) in [6.45, 7) is 5.74. The summed E-state index contributed by atoms with van der Waals surface area (Å²) in [7, 11) is 0. The largest absolute Gasteiger partial charge is 0.389 e. The quantitative estimate of drug-likeness (QED) is 0.633. The van der Waals surface area contributed by atoms with Crippen LogP contribution in [-0.4, -0.2) is 21.3 Å². The van der Waals surface area contributed by atoms with Gasteiger partial charge in [0.15, 0.2) is 0 Å². The average Bonchev–Trinajstić information content (AvgIpc) is 2.73. The molecule has 0 spiro atoms. The van der Waals surface area contributed by atoms with Crippen LogP contribution in [0.4, 0.5) is 5.69 Å². The standard InChI is InChI=1S/C15H19ClN4S/c1-10-8-11(2)20(19-10)7-3-6-18-14-9-12(16)4-5-13(14)15(17)21/h4-5,8-9,18H,3,6-7H2,1-2H3,(H2,17,21). The summed E-state index contributed by atoms with van der Waals surface area (Å²) in [4.78, 5) is 0.368. The maximum atomic E-state index is 6.02. The fraction of sp³-hybridized carbons (Fsp3) is 0.333. The van der Waals surface area contributed by atoms with Crippen molar-refractivity contribution in [1.82, 2.24) is 9.78 Å². The van der Waals surface area contributed by atoms with Crippen molar-refractivity contribution < 1.29 is 0 Å². The van der Waals surface area contributed by atoms with E-state index in [1.54, 1.807) is 6.07 Å². The monoisotopic (exact) mass is 322 g/mol. The second-order valence-electron chi connectivity index (χ2n) is 4.98. The highest BCUT2D eigenvalue weighted by Crippen LogP contribution is 2.21. The zero-order valence-electron chi connectivity index (χ0n) is 12.2. The highest BCUT2D eigenvalue weighted by atomic mass is 35.5. The van der Waals surface area contributed by atoms with Gasteiger partial charge >= 0.3 is 0 Å². The Balaban J connectivity index is 1.93. The van der Waals surface area contributed by atoms with E-state index in [2.05, 4.69) is 23.4 Å². The molecule has 0 amide bonds. The maximum absolute atomic E-state index is 6.02. The lowest BCUT2D eigenvalue weighted by Gasteiger charge is -2.12. The molecule has 0 aliphatic heterocycles. The van der Waals surface area contributed by atoms with Crippen molar-refractivity contribution in [3.63, 3.8) is 0 Å². The molecule has 2 aromatic rings. The Labute approximate surface area is 135 Å². The van der Waals surface area contributed by atoms with E-state index >= 15 is 0 Å². The number of hydrogen-bond acceptors (Lipinski definition) is 3. The molecule has 6 heteroatoms. The lowest BCUT2D eigenvalue weighted by atomic mass is 10.1. The maximum Gasteiger partial charge on any atom is 0.106 e. The Bertz CT molecular complexity index is 651. The van der Waals surface area contributed by atoms with E-state index in [1.165, 1.54) is 5.69 Å². The third-order valence-electron chi connectivity index (χ3n) is 3.21. The topological polar surface area (TPSA) is 55.9 Å². The van der Waals surface area contributed by atoms with Gasteiger partial charge in [-0.3, -0.25) is 4.68 Å². The molecule has 0 saturated carbocycles. The second-order valence-corrected chi connectivity index (χ2v) is 5.86. The first-order valence-corrected chi connectivity index (χ1v) is 7.60. The van der Waals surface area contributed by atoms with Gasteiger partial charge in [-0.2, -0.15) is 5.10 Å². The van der Waals surface area contributed by atoms with Crippen molar-refractivity contribution in [2.75, 3.05) is 11.9 Å². The van der Waals surface area contributed by atoms with Gasteiger partial charge in [0.2, 0.25) is 0 Å². The number of aryl methyl sites for hydroxylation is 3. The summed E-state index contributed by atoms with van der Waals surface area (Å²) in [6.07, 6.45) is 0.950. The van der Waals surface area contributed by atoms with Crippen LogP contribution >= 0.6 is 23.8 Å². The van der Waals surface area contributed by atoms with Crippen LogP contribution in [-0.2, 0) is 6.54 Å². The molecule has 0 radical (unpaired) electrons. The van der Waals surface area contributed by atoms with E-state index in [9.17, 15) is 0 Å². The van der Waals surface area contributed by atoms with Gasteiger partial charge in [-0.05, 0) is 44.5 Å². The van der Waals surface area contributed by atoms with Gasteiger partial charge in [0, 0.05) is 35.1 Å². The lowest BCUT2D eigenvalue weighted by molar-refractivity contribution is 0.574. The van der Waals surface area contributed by atoms with Gasteiger partial charge in [0.25, 0.3) is 0 Å². The van der Waals surface area contributed by atoms with Gasteiger partial charge in [0.1, 0.15) is 4.99 Å². The van der Waals surface area contributed by atoms with Crippen LogP contribution in [0.15, 0.2) is 24.3 Å². The number of halogens is 1. The Morgan fingerprint density at radius 2 is 2.14 bits per heavy atom. The smallest absolute Gasteiger partial charge is 0.106 e. The molecule has 112 valence electrons. The molecule has 0 aliphatic rings. The zero-order valence-corrected chi connectivity index (χ0v) is 13.8. The number of rotatable bonds is 6. The van der Waals surface area contributed by atoms with E-state index < -0.39 is 0 Å². The van der Waals surface area contributed by atoms with Crippen molar-refractivity contribution in [2.24, 2.45) is 5.73 Å². The van der Waals surface area contributed by atoms with E-state index in [0.717, 1.165) is 36.5 Å². The van der Waals surface area contributed by atoms with Crippen LogP contribution in [0.5, 0.6) is 0 Å². The molecule has 4 nitrogen and oxygen atoms in total.